The van der Waals surface area contributed by atoms with E-state index in [0.29, 0.717) is 10.2 Å². The zero-order valence-electron chi connectivity index (χ0n) is 6.64. The summed E-state index contributed by atoms with van der Waals surface area (Å²) in [5, 5.41) is 5.19. The highest BCUT2D eigenvalue weighted by Crippen LogP contribution is 2.30. The van der Waals surface area contributed by atoms with Crippen molar-refractivity contribution in [2.75, 3.05) is 0 Å². The van der Waals surface area contributed by atoms with Crippen LogP contribution in [0.4, 0.5) is 0 Å². The molecule has 0 atom stereocenters. The number of nitrogens with zero attached hydrogens (tertiary/aromatic N) is 2. The molecule has 0 spiro atoms. The van der Waals surface area contributed by atoms with Crippen molar-refractivity contribution in [3.8, 4) is 0 Å². The molecule has 2 rings (SSSR count). The Morgan fingerprint density at radius 1 is 1.43 bits per heavy atom. The fourth-order valence-electron chi connectivity index (χ4n) is 0.944. The standard InChI is InChI=1S/C6H4ClN3O2S2/c7-6-5-3(9-2-10-6)1-4(13-5)14(8,11)12/h1-2H,(H2,8,11,12). The van der Waals surface area contributed by atoms with Crippen LogP contribution < -0.4 is 5.14 Å². The van der Waals surface area contributed by atoms with Crippen LogP contribution in [-0.2, 0) is 10.0 Å². The first-order chi connectivity index (χ1) is 6.48. The topological polar surface area (TPSA) is 85.9 Å². The maximum atomic E-state index is 11.0. The van der Waals surface area contributed by atoms with Crippen LogP contribution in [0, 0.1) is 0 Å². The minimum Gasteiger partial charge on any atom is -0.235 e. The molecule has 14 heavy (non-hydrogen) atoms. The molecule has 0 aromatic carbocycles. The van der Waals surface area contributed by atoms with Gasteiger partial charge in [-0.15, -0.1) is 11.3 Å². The van der Waals surface area contributed by atoms with Crippen molar-refractivity contribution in [2.24, 2.45) is 5.14 Å². The Morgan fingerprint density at radius 3 is 2.71 bits per heavy atom. The fourth-order valence-corrected chi connectivity index (χ4v) is 2.92. The molecule has 8 heteroatoms. The van der Waals surface area contributed by atoms with Gasteiger partial charge in [-0.1, -0.05) is 11.6 Å². The van der Waals surface area contributed by atoms with Gasteiger partial charge >= 0.3 is 0 Å². The Morgan fingerprint density at radius 2 is 2.14 bits per heavy atom. The van der Waals surface area contributed by atoms with E-state index in [1.165, 1.54) is 12.4 Å². The molecule has 2 aromatic heterocycles. The molecular formula is C6H4ClN3O2S2. The molecule has 2 heterocycles. The van der Waals surface area contributed by atoms with Crippen molar-refractivity contribution >= 4 is 43.2 Å². The third-order valence-corrected chi connectivity index (χ3v) is 4.48. The molecule has 0 radical (unpaired) electrons. The number of thiophene rings is 1. The van der Waals surface area contributed by atoms with Crippen LogP contribution in [0.2, 0.25) is 5.15 Å². The quantitative estimate of drug-likeness (QED) is 0.764. The molecule has 0 aliphatic carbocycles. The van der Waals surface area contributed by atoms with E-state index in [4.69, 9.17) is 16.7 Å². The third kappa shape index (κ3) is 1.59. The number of hydrogen-bond donors (Lipinski definition) is 1. The molecule has 2 aromatic rings. The SMILES string of the molecule is NS(=O)(=O)c1cc2ncnc(Cl)c2s1. The van der Waals surface area contributed by atoms with Gasteiger partial charge in [0, 0.05) is 0 Å². The molecule has 74 valence electrons. The monoisotopic (exact) mass is 249 g/mol. The van der Waals surface area contributed by atoms with Gasteiger partial charge in [0.05, 0.1) is 10.2 Å². The number of halogens is 1. The van der Waals surface area contributed by atoms with E-state index in [0.717, 1.165) is 11.3 Å². The highest BCUT2D eigenvalue weighted by Gasteiger charge is 2.14. The average molecular weight is 250 g/mol. The summed E-state index contributed by atoms with van der Waals surface area (Å²) in [6.07, 6.45) is 1.27. The van der Waals surface area contributed by atoms with E-state index in [9.17, 15) is 8.42 Å². The molecule has 0 aliphatic rings. The second-order valence-corrected chi connectivity index (χ2v) is 5.69. The van der Waals surface area contributed by atoms with Crippen LogP contribution in [0.1, 0.15) is 0 Å². The third-order valence-electron chi connectivity index (χ3n) is 1.53. The summed E-state index contributed by atoms with van der Waals surface area (Å²) in [5.41, 5.74) is 0.485. The number of nitrogens with two attached hydrogens (primary N) is 1. The van der Waals surface area contributed by atoms with E-state index >= 15 is 0 Å². The molecule has 0 saturated carbocycles. The molecule has 0 bridgehead atoms. The maximum Gasteiger partial charge on any atom is 0.247 e. The normalized spacial score (nSPS) is 12.1. The van der Waals surface area contributed by atoms with E-state index in [2.05, 4.69) is 9.97 Å². The van der Waals surface area contributed by atoms with E-state index in [1.807, 2.05) is 0 Å². The van der Waals surface area contributed by atoms with Crippen LogP contribution >= 0.6 is 22.9 Å². The number of sulfonamides is 1. The van der Waals surface area contributed by atoms with Crippen molar-refractivity contribution in [3.05, 3.63) is 17.5 Å². The Kier molecular flexibility index (Phi) is 2.18. The van der Waals surface area contributed by atoms with Gasteiger partial charge in [-0.2, -0.15) is 0 Å². The minimum absolute atomic E-state index is 0.0369. The van der Waals surface area contributed by atoms with Gasteiger partial charge < -0.3 is 0 Å². The fraction of sp³-hybridized carbons (Fsp3) is 0. The molecule has 0 saturated heterocycles. The molecule has 0 amide bonds. The summed E-state index contributed by atoms with van der Waals surface area (Å²) in [5.74, 6) is 0. The number of aromatic nitrogens is 2. The molecule has 2 N–H and O–H groups in total. The first kappa shape index (κ1) is 9.78. The summed E-state index contributed by atoms with van der Waals surface area (Å²) >= 11 is 6.71. The van der Waals surface area contributed by atoms with Crippen LogP contribution in [0.5, 0.6) is 0 Å². The van der Waals surface area contributed by atoms with Gasteiger partial charge in [0.1, 0.15) is 15.7 Å². The first-order valence-corrected chi connectivity index (χ1v) is 6.15. The minimum atomic E-state index is -3.69. The summed E-state index contributed by atoms with van der Waals surface area (Å²) in [4.78, 5) is 7.60. The molecule has 5 nitrogen and oxygen atoms in total. The van der Waals surface area contributed by atoms with Gasteiger partial charge in [-0.3, -0.25) is 0 Å². The molecule has 0 fully saturated rings. The first-order valence-electron chi connectivity index (χ1n) is 3.41. The summed E-state index contributed by atoms with van der Waals surface area (Å²) in [6, 6.07) is 1.38. The van der Waals surface area contributed by atoms with Gasteiger partial charge in [-0.25, -0.2) is 23.5 Å². The number of hydrogen-bond acceptors (Lipinski definition) is 5. The van der Waals surface area contributed by atoms with Crippen molar-refractivity contribution < 1.29 is 8.42 Å². The van der Waals surface area contributed by atoms with Crippen LogP contribution in [0.3, 0.4) is 0 Å². The second kappa shape index (κ2) is 3.13. The predicted octanol–water partition coefficient (Wildman–Crippen LogP) is 0.992. The van der Waals surface area contributed by atoms with Crippen LogP contribution in [-0.4, -0.2) is 18.4 Å². The van der Waals surface area contributed by atoms with Gasteiger partial charge in [0.25, 0.3) is 0 Å². The average Bonchev–Trinajstić information content (AvgIpc) is 2.48. The Labute approximate surface area is 88.6 Å². The van der Waals surface area contributed by atoms with Crippen LogP contribution in [0.15, 0.2) is 16.6 Å². The Balaban J connectivity index is 2.81. The highest BCUT2D eigenvalue weighted by molar-refractivity contribution is 7.91. The largest absolute Gasteiger partial charge is 0.247 e. The predicted molar refractivity (Wildman–Crippen MR) is 53.8 cm³/mol. The molecular weight excluding hydrogens is 246 g/mol. The lowest BCUT2D eigenvalue weighted by Crippen LogP contribution is -2.09. The van der Waals surface area contributed by atoms with Crippen LogP contribution in [0.25, 0.3) is 10.2 Å². The van der Waals surface area contributed by atoms with Gasteiger partial charge in [0.15, 0.2) is 0 Å². The lowest BCUT2D eigenvalue weighted by Gasteiger charge is -1.88. The second-order valence-electron chi connectivity index (χ2n) is 2.49. The summed E-state index contributed by atoms with van der Waals surface area (Å²) in [6.45, 7) is 0. The lowest BCUT2D eigenvalue weighted by molar-refractivity contribution is 0.600. The number of rotatable bonds is 1. The van der Waals surface area contributed by atoms with Gasteiger partial charge in [0.2, 0.25) is 10.0 Å². The highest BCUT2D eigenvalue weighted by atomic mass is 35.5. The number of fused-ring (bicyclic) bond motifs is 1. The maximum absolute atomic E-state index is 11.0. The smallest absolute Gasteiger partial charge is 0.235 e. The van der Waals surface area contributed by atoms with Crippen molar-refractivity contribution in [2.45, 2.75) is 4.21 Å². The molecule has 0 unspecified atom stereocenters. The van der Waals surface area contributed by atoms with E-state index < -0.39 is 10.0 Å². The zero-order chi connectivity index (χ0) is 10.3. The van der Waals surface area contributed by atoms with E-state index in [1.54, 1.807) is 0 Å². The van der Waals surface area contributed by atoms with E-state index in [-0.39, 0.29) is 9.36 Å². The molecule has 0 aliphatic heterocycles. The lowest BCUT2D eigenvalue weighted by atomic mass is 10.5. The van der Waals surface area contributed by atoms with Gasteiger partial charge in [-0.05, 0) is 6.07 Å². The Bertz CT molecular complexity index is 592. The Hall–Kier alpha value is -0.760. The zero-order valence-corrected chi connectivity index (χ0v) is 9.03. The van der Waals surface area contributed by atoms with Crippen molar-refractivity contribution in [1.29, 1.82) is 0 Å². The van der Waals surface area contributed by atoms with Crippen molar-refractivity contribution in [3.63, 3.8) is 0 Å². The van der Waals surface area contributed by atoms with Crippen molar-refractivity contribution in [1.82, 2.24) is 9.97 Å². The summed E-state index contributed by atoms with van der Waals surface area (Å²) in [7, 11) is -3.69. The summed E-state index contributed by atoms with van der Waals surface area (Å²) < 4.78 is 22.6. The number of primary sulfonamides is 1.